The Morgan fingerprint density at radius 2 is 1.88 bits per heavy atom. The zero-order valence-corrected chi connectivity index (χ0v) is 10.7. The molecule has 0 aromatic heterocycles. The minimum Gasteiger partial charge on any atom is -0.387 e. The van der Waals surface area contributed by atoms with Gasteiger partial charge in [-0.3, -0.25) is 0 Å². The molecular weight excluding hydrogens is 210 g/mol. The van der Waals surface area contributed by atoms with Crippen LogP contribution in [0.3, 0.4) is 0 Å². The van der Waals surface area contributed by atoms with E-state index >= 15 is 0 Å². The van der Waals surface area contributed by atoms with Crippen molar-refractivity contribution < 1.29 is 0 Å². The molecule has 1 aliphatic carbocycles. The zero-order valence-electron chi connectivity index (χ0n) is 10.7. The van der Waals surface area contributed by atoms with Crippen LogP contribution >= 0.6 is 0 Å². The Hall–Kier alpha value is -1.51. The fourth-order valence-electron chi connectivity index (χ4n) is 2.39. The molecule has 2 N–H and O–H groups in total. The van der Waals surface area contributed by atoms with Crippen molar-refractivity contribution in [3.8, 4) is 0 Å². The van der Waals surface area contributed by atoms with Gasteiger partial charge < -0.3 is 10.6 Å². The lowest BCUT2D eigenvalue weighted by molar-refractivity contribution is 0.722. The number of anilines is 1. The van der Waals surface area contributed by atoms with Crippen LogP contribution in [0.1, 0.15) is 25.7 Å². The van der Waals surface area contributed by atoms with Crippen molar-refractivity contribution in [1.82, 2.24) is 0 Å². The predicted octanol–water partition coefficient (Wildman–Crippen LogP) is 2.93. The van der Waals surface area contributed by atoms with Gasteiger partial charge in [-0.25, -0.2) is 4.99 Å². The van der Waals surface area contributed by atoms with Gasteiger partial charge in [-0.2, -0.15) is 0 Å². The van der Waals surface area contributed by atoms with E-state index in [0.717, 1.165) is 17.2 Å². The van der Waals surface area contributed by atoms with E-state index < -0.39 is 0 Å². The number of benzene rings is 1. The van der Waals surface area contributed by atoms with Crippen molar-refractivity contribution in [2.24, 2.45) is 16.6 Å². The molecule has 0 saturated heterocycles. The lowest BCUT2D eigenvalue weighted by Crippen LogP contribution is -2.21. The molecule has 0 unspecified atom stereocenters. The average molecular weight is 231 g/mol. The van der Waals surface area contributed by atoms with Gasteiger partial charge >= 0.3 is 0 Å². The van der Waals surface area contributed by atoms with Crippen LogP contribution in [0.5, 0.6) is 0 Å². The standard InChI is InChI=1S/C14H21N3/c1-17(2)13-10-6-5-9-12(13)16-14(15)11-7-3-4-8-11/h5-6,9-11H,3-4,7-8H2,1-2H3,(H2,15,16). The maximum absolute atomic E-state index is 6.11. The topological polar surface area (TPSA) is 41.6 Å². The van der Waals surface area contributed by atoms with Crippen molar-refractivity contribution in [2.75, 3.05) is 19.0 Å². The summed E-state index contributed by atoms with van der Waals surface area (Å²) in [5.74, 6) is 1.29. The molecule has 1 aliphatic rings. The summed E-state index contributed by atoms with van der Waals surface area (Å²) in [5.41, 5.74) is 8.20. The number of amidine groups is 1. The van der Waals surface area contributed by atoms with Gasteiger partial charge in [0, 0.05) is 20.0 Å². The van der Waals surface area contributed by atoms with Gasteiger partial charge in [0.15, 0.2) is 0 Å². The van der Waals surface area contributed by atoms with Gasteiger partial charge in [0.1, 0.15) is 5.84 Å². The maximum Gasteiger partial charge on any atom is 0.103 e. The highest BCUT2D eigenvalue weighted by Crippen LogP contribution is 2.30. The fraction of sp³-hybridized carbons (Fsp3) is 0.500. The Morgan fingerprint density at radius 1 is 1.24 bits per heavy atom. The molecule has 17 heavy (non-hydrogen) atoms. The van der Waals surface area contributed by atoms with Crippen molar-refractivity contribution in [3.05, 3.63) is 24.3 Å². The zero-order chi connectivity index (χ0) is 12.3. The first kappa shape index (κ1) is 12.0. The Kier molecular flexibility index (Phi) is 3.67. The SMILES string of the molecule is CN(C)c1ccccc1N=C(N)C1CCCC1. The number of hydrogen-bond donors (Lipinski definition) is 1. The van der Waals surface area contributed by atoms with Gasteiger partial charge in [-0.1, -0.05) is 25.0 Å². The minimum absolute atomic E-state index is 0.491. The van der Waals surface area contributed by atoms with Crippen LogP contribution < -0.4 is 10.6 Å². The molecule has 3 nitrogen and oxygen atoms in total. The van der Waals surface area contributed by atoms with Crippen molar-refractivity contribution in [1.29, 1.82) is 0 Å². The van der Waals surface area contributed by atoms with Crippen molar-refractivity contribution in [3.63, 3.8) is 0 Å². The van der Waals surface area contributed by atoms with Crippen molar-refractivity contribution in [2.45, 2.75) is 25.7 Å². The highest BCUT2D eigenvalue weighted by Gasteiger charge is 2.18. The van der Waals surface area contributed by atoms with Crippen LogP contribution in [-0.2, 0) is 0 Å². The summed E-state index contributed by atoms with van der Waals surface area (Å²) in [6.45, 7) is 0. The lowest BCUT2D eigenvalue weighted by Gasteiger charge is -2.16. The highest BCUT2D eigenvalue weighted by atomic mass is 15.1. The van der Waals surface area contributed by atoms with Gasteiger partial charge in [0.25, 0.3) is 0 Å². The Balaban J connectivity index is 2.24. The van der Waals surface area contributed by atoms with Crippen molar-refractivity contribution >= 4 is 17.2 Å². The van der Waals surface area contributed by atoms with E-state index in [-0.39, 0.29) is 0 Å². The molecule has 0 radical (unpaired) electrons. The molecule has 92 valence electrons. The number of para-hydroxylation sites is 2. The van der Waals surface area contributed by atoms with Gasteiger partial charge in [0.05, 0.1) is 11.4 Å². The quantitative estimate of drug-likeness (QED) is 0.642. The first-order chi connectivity index (χ1) is 8.18. The molecule has 0 spiro atoms. The average Bonchev–Trinajstić information content (AvgIpc) is 2.83. The van der Waals surface area contributed by atoms with E-state index in [9.17, 15) is 0 Å². The monoisotopic (exact) mass is 231 g/mol. The maximum atomic E-state index is 6.11. The summed E-state index contributed by atoms with van der Waals surface area (Å²) in [4.78, 5) is 6.69. The first-order valence-electron chi connectivity index (χ1n) is 6.29. The Labute approximate surface area is 103 Å². The van der Waals surface area contributed by atoms with Crippen LogP contribution in [0.2, 0.25) is 0 Å². The molecule has 0 aliphatic heterocycles. The number of nitrogens with two attached hydrogens (primary N) is 1. The summed E-state index contributed by atoms with van der Waals surface area (Å²) in [6.07, 6.45) is 4.96. The van der Waals surface area contributed by atoms with E-state index in [0.29, 0.717) is 5.92 Å². The minimum atomic E-state index is 0.491. The van der Waals surface area contributed by atoms with Crippen LogP contribution in [0.4, 0.5) is 11.4 Å². The van der Waals surface area contributed by atoms with Crippen LogP contribution in [-0.4, -0.2) is 19.9 Å². The highest BCUT2D eigenvalue weighted by molar-refractivity contribution is 5.87. The Bertz CT molecular complexity index is 404. The molecule has 1 saturated carbocycles. The Morgan fingerprint density at radius 3 is 2.53 bits per heavy atom. The molecule has 0 amide bonds. The number of aliphatic imine (C=N–C) groups is 1. The van der Waals surface area contributed by atoms with Gasteiger partial charge in [-0.05, 0) is 25.0 Å². The molecule has 0 bridgehead atoms. The van der Waals surface area contributed by atoms with E-state index in [1.165, 1.54) is 25.7 Å². The normalized spacial score (nSPS) is 17.4. The second-order valence-electron chi connectivity index (χ2n) is 4.90. The van der Waals surface area contributed by atoms with Gasteiger partial charge in [0.2, 0.25) is 0 Å². The number of nitrogens with zero attached hydrogens (tertiary/aromatic N) is 2. The van der Waals surface area contributed by atoms with Crippen LogP contribution in [0.25, 0.3) is 0 Å². The third kappa shape index (κ3) is 2.78. The van der Waals surface area contributed by atoms with Gasteiger partial charge in [-0.15, -0.1) is 0 Å². The van der Waals surface area contributed by atoms with E-state index in [1.807, 2.05) is 32.3 Å². The predicted molar refractivity (Wildman–Crippen MR) is 74.0 cm³/mol. The first-order valence-corrected chi connectivity index (χ1v) is 6.29. The summed E-state index contributed by atoms with van der Waals surface area (Å²) in [5, 5.41) is 0. The summed E-state index contributed by atoms with van der Waals surface area (Å²) >= 11 is 0. The third-order valence-corrected chi connectivity index (χ3v) is 3.39. The molecule has 3 heteroatoms. The molecule has 0 atom stereocenters. The second kappa shape index (κ2) is 5.21. The summed E-state index contributed by atoms with van der Waals surface area (Å²) < 4.78 is 0. The van der Waals surface area contributed by atoms with E-state index in [1.54, 1.807) is 0 Å². The fourth-order valence-corrected chi connectivity index (χ4v) is 2.39. The second-order valence-corrected chi connectivity index (χ2v) is 4.90. The largest absolute Gasteiger partial charge is 0.387 e. The smallest absolute Gasteiger partial charge is 0.103 e. The number of rotatable bonds is 3. The molecule has 0 heterocycles. The third-order valence-electron chi connectivity index (χ3n) is 3.39. The molecule has 1 aromatic carbocycles. The summed E-state index contributed by atoms with van der Waals surface area (Å²) in [7, 11) is 4.06. The summed E-state index contributed by atoms with van der Waals surface area (Å²) in [6, 6.07) is 8.13. The molecule has 2 rings (SSSR count). The number of hydrogen-bond acceptors (Lipinski definition) is 2. The van der Waals surface area contributed by atoms with Crippen LogP contribution in [0.15, 0.2) is 29.3 Å². The molecule has 1 fully saturated rings. The van der Waals surface area contributed by atoms with E-state index in [2.05, 4.69) is 16.0 Å². The lowest BCUT2D eigenvalue weighted by atomic mass is 10.1. The molecule has 1 aromatic rings. The van der Waals surface area contributed by atoms with E-state index in [4.69, 9.17) is 5.73 Å². The molecular formula is C14H21N3. The van der Waals surface area contributed by atoms with Crippen LogP contribution in [0, 0.1) is 5.92 Å².